The summed E-state index contributed by atoms with van der Waals surface area (Å²) < 4.78 is 11.1. The summed E-state index contributed by atoms with van der Waals surface area (Å²) in [5.41, 5.74) is 8.23. The number of rotatable bonds is 3. The summed E-state index contributed by atoms with van der Waals surface area (Å²) in [6, 6.07) is 5.89. The van der Waals surface area contributed by atoms with E-state index in [1.807, 2.05) is 45.9 Å². The van der Waals surface area contributed by atoms with Crippen molar-refractivity contribution in [1.29, 1.82) is 0 Å². The van der Waals surface area contributed by atoms with E-state index in [0.717, 1.165) is 11.3 Å². The first-order valence-corrected chi connectivity index (χ1v) is 7.94. The molecule has 0 radical (unpaired) electrons. The summed E-state index contributed by atoms with van der Waals surface area (Å²) in [5, 5.41) is 3.29. The monoisotopic (exact) mass is 321 g/mol. The van der Waals surface area contributed by atoms with Crippen molar-refractivity contribution in [2.75, 3.05) is 37.3 Å². The van der Waals surface area contributed by atoms with Gasteiger partial charge in [0.15, 0.2) is 0 Å². The topological polar surface area (TPSA) is 76.8 Å². The number of nitrogens with one attached hydrogen (secondary N) is 1. The number of nitrogens with two attached hydrogens (primary N) is 1. The molecule has 2 rings (SSSR count). The molecule has 1 amide bonds. The van der Waals surface area contributed by atoms with Crippen molar-refractivity contribution in [3.63, 3.8) is 0 Å². The molecule has 0 aromatic heterocycles. The molecule has 1 aromatic rings. The van der Waals surface area contributed by atoms with E-state index in [2.05, 4.69) is 5.32 Å². The highest BCUT2D eigenvalue weighted by Crippen LogP contribution is 2.20. The van der Waals surface area contributed by atoms with Crippen molar-refractivity contribution in [2.45, 2.75) is 39.4 Å². The molecule has 6 heteroatoms. The SMILES string of the molecule is Cc1ccc(NCC2CN(C(=O)OC(C)(C)C)CCO2)c(N)c1. The number of morpholine rings is 1. The average Bonchev–Trinajstić information content (AvgIpc) is 2.45. The second kappa shape index (κ2) is 7.08. The van der Waals surface area contributed by atoms with Gasteiger partial charge in [-0.05, 0) is 45.4 Å². The van der Waals surface area contributed by atoms with Crippen LogP contribution in [0.3, 0.4) is 0 Å². The van der Waals surface area contributed by atoms with Gasteiger partial charge in [0, 0.05) is 13.1 Å². The number of ether oxygens (including phenoxy) is 2. The zero-order valence-electron chi connectivity index (χ0n) is 14.4. The smallest absolute Gasteiger partial charge is 0.410 e. The number of hydrogen-bond acceptors (Lipinski definition) is 5. The fraction of sp³-hybridized carbons (Fsp3) is 0.588. The van der Waals surface area contributed by atoms with E-state index in [9.17, 15) is 4.79 Å². The minimum absolute atomic E-state index is 0.0861. The van der Waals surface area contributed by atoms with Crippen LogP contribution in [0.15, 0.2) is 18.2 Å². The molecule has 0 aliphatic carbocycles. The van der Waals surface area contributed by atoms with Gasteiger partial charge in [0.2, 0.25) is 0 Å². The van der Waals surface area contributed by atoms with Gasteiger partial charge < -0.3 is 25.4 Å². The number of benzene rings is 1. The number of carbonyl (C=O) groups excluding carboxylic acids is 1. The Balaban J connectivity index is 1.87. The van der Waals surface area contributed by atoms with Crippen molar-refractivity contribution >= 4 is 17.5 Å². The molecule has 6 nitrogen and oxygen atoms in total. The van der Waals surface area contributed by atoms with Crippen molar-refractivity contribution < 1.29 is 14.3 Å². The summed E-state index contributed by atoms with van der Waals surface area (Å²) in [5.74, 6) is 0. The van der Waals surface area contributed by atoms with Gasteiger partial charge in [-0.25, -0.2) is 4.79 Å². The number of anilines is 2. The Morgan fingerprint density at radius 1 is 1.48 bits per heavy atom. The van der Waals surface area contributed by atoms with Crippen LogP contribution in [0.1, 0.15) is 26.3 Å². The van der Waals surface area contributed by atoms with Crippen LogP contribution in [0.2, 0.25) is 0 Å². The van der Waals surface area contributed by atoms with Crippen molar-refractivity contribution in [3.05, 3.63) is 23.8 Å². The van der Waals surface area contributed by atoms with Crippen LogP contribution in [0.4, 0.5) is 16.2 Å². The fourth-order valence-corrected chi connectivity index (χ4v) is 2.40. The van der Waals surface area contributed by atoms with Gasteiger partial charge in [0.05, 0.1) is 30.6 Å². The molecule has 3 N–H and O–H groups in total. The third kappa shape index (κ3) is 5.32. The number of aryl methyl sites for hydroxylation is 1. The summed E-state index contributed by atoms with van der Waals surface area (Å²) in [6.07, 6.45) is -0.377. The summed E-state index contributed by atoms with van der Waals surface area (Å²) in [7, 11) is 0. The first kappa shape index (κ1) is 17.4. The van der Waals surface area contributed by atoms with Crippen molar-refractivity contribution in [2.24, 2.45) is 0 Å². The number of carbonyl (C=O) groups is 1. The molecule has 23 heavy (non-hydrogen) atoms. The molecule has 1 fully saturated rings. The highest BCUT2D eigenvalue weighted by Gasteiger charge is 2.28. The predicted octanol–water partition coefficient (Wildman–Crippen LogP) is 2.63. The summed E-state index contributed by atoms with van der Waals surface area (Å²) in [4.78, 5) is 13.8. The van der Waals surface area contributed by atoms with Gasteiger partial charge >= 0.3 is 6.09 Å². The normalized spacial score (nSPS) is 18.6. The predicted molar refractivity (Wildman–Crippen MR) is 91.6 cm³/mol. The van der Waals surface area contributed by atoms with Gasteiger partial charge in [-0.2, -0.15) is 0 Å². The lowest BCUT2D eigenvalue weighted by molar-refractivity contribution is -0.0371. The van der Waals surface area contributed by atoms with Crippen LogP contribution in [0.5, 0.6) is 0 Å². The second-order valence-corrected chi connectivity index (χ2v) is 6.89. The van der Waals surface area contributed by atoms with Crippen LogP contribution in [-0.4, -0.2) is 48.9 Å². The molecule has 128 valence electrons. The van der Waals surface area contributed by atoms with E-state index < -0.39 is 5.60 Å². The van der Waals surface area contributed by atoms with Gasteiger partial charge in [-0.1, -0.05) is 6.07 Å². The van der Waals surface area contributed by atoms with Gasteiger partial charge in [0.25, 0.3) is 0 Å². The number of nitrogens with zero attached hydrogens (tertiary/aromatic N) is 1. The Hall–Kier alpha value is -1.95. The molecule has 1 unspecified atom stereocenters. The van der Waals surface area contributed by atoms with Crippen LogP contribution in [0.25, 0.3) is 0 Å². The van der Waals surface area contributed by atoms with Crippen LogP contribution in [0, 0.1) is 6.92 Å². The Bertz CT molecular complexity index is 555. The van der Waals surface area contributed by atoms with Gasteiger partial charge in [0.1, 0.15) is 5.60 Å². The highest BCUT2D eigenvalue weighted by atomic mass is 16.6. The lowest BCUT2D eigenvalue weighted by Crippen LogP contribution is -2.49. The standard InChI is InChI=1S/C17H27N3O3/c1-12-5-6-15(14(18)9-12)19-10-13-11-20(7-8-22-13)16(21)23-17(2,3)4/h5-6,9,13,19H,7-8,10-11,18H2,1-4H3. The molecule has 1 atom stereocenters. The molecule has 1 heterocycles. The van der Waals surface area contributed by atoms with E-state index in [1.54, 1.807) is 4.90 Å². The van der Waals surface area contributed by atoms with Crippen LogP contribution < -0.4 is 11.1 Å². The minimum Gasteiger partial charge on any atom is -0.444 e. The van der Waals surface area contributed by atoms with Crippen LogP contribution >= 0.6 is 0 Å². The number of amides is 1. The largest absolute Gasteiger partial charge is 0.444 e. The van der Waals surface area contributed by atoms with E-state index in [0.29, 0.717) is 31.9 Å². The third-order valence-electron chi connectivity index (χ3n) is 3.52. The first-order valence-electron chi connectivity index (χ1n) is 7.94. The lowest BCUT2D eigenvalue weighted by Gasteiger charge is -2.34. The first-order chi connectivity index (χ1) is 10.7. The van der Waals surface area contributed by atoms with Crippen molar-refractivity contribution in [1.82, 2.24) is 4.90 Å². The maximum Gasteiger partial charge on any atom is 0.410 e. The molecule has 0 spiro atoms. The fourth-order valence-electron chi connectivity index (χ4n) is 2.40. The lowest BCUT2D eigenvalue weighted by atomic mass is 10.2. The molecule has 0 bridgehead atoms. The maximum absolute atomic E-state index is 12.1. The van der Waals surface area contributed by atoms with E-state index >= 15 is 0 Å². The maximum atomic E-state index is 12.1. The zero-order chi connectivity index (χ0) is 17.0. The Labute approximate surface area is 137 Å². The molecular weight excluding hydrogens is 294 g/mol. The van der Waals surface area contributed by atoms with Crippen molar-refractivity contribution in [3.8, 4) is 0 Å². The second-order valence-electron chi connectivity index (χ2n) is 6.89. The molecule has 0 saturated carbocycles. The van der Waals surface area contributed by atoms with E-state index in [-0.39, 0.29) is 12.2 Å². The number of nitrogen functional groups attached to an aromatic ring is 1. The minimum atomic E-state index is -0.487. The average molecular weight is 321 g/mol. The van der Waals surface area contributed by atoms with Gasteiger partial charge in [-0.3, -0.25) is 0 Å². The Morgan fingerprint density at radius 3 is 2.87 bits per heavy atom. The molecular formula is C17H27N3O3. The number of hydrogen-bond donors (Lipinski definition) is 2. The zero-order valence-corrected chi connectivity index (χ0v) is 14.4. The molecule has 1 aromatic carbocycles. The quantitative estimate of drug-likeness (QED) is 0.837. The Kier molecular flexibility index (Phi) is 5.36. The molecule has 1 saturated heterocycles. The van der Waals surface area contributed by atoms with Crippen LogP contribution in [-0.2, 0) is 9.47 Å². The summed E-state index contributed by atoms with van der Waals surface area (Å²) >= 11 is 0. The third-order valence-corrected chi connectivity index (χ3v) is 3.52. The molecule has 1 aliphatic heterocycles. The van der Waals surface area contributed by atoms with E-state index in [1.165, 1.54) is 0 Å². The highest BCUT2D eigenvalue weighted by molar-refractivity contribution is 5.68. The molecule has 1 aliphatic rings. The van der Waals surface area contributed by atoms with Gasteiger partial charge in [-0.15, -0.1) is 0 Å². The Morgan fingerprint density at radius 2 is 2.22 bits per heavy atom. The summed E-state index contributed by atoms with van der Waals surface area (Å²) in [6.45, 7) is 9.76. The van der Waals surface area contributed by atoms with E-state index in [4.69, 9.17) is 15.2 Å².